The minimum absolute atomic E-state index is 0.0476. The molecule has 1 aliphatic rings. The standard InChI is InChI=1S/C17H24ClNO2/c1-11-5-4-6-16(13(11)3)19-17(20)10-21-14-7-8-15(18)12(2)9-14/h7-9,11,13,16H,4-6,10H2,1-3H3,(H,19,20)/t11-,13-,16+/m0/s1. The molecule has 1 fully saturated rings. The number of aryl methyl sites for hydroxylation is 1. The highest BCUT2D eigenvalue weighted by atomic mass is 35.5. The third-order valence-corrected chi connectivity index (χ3v) is 4.98. The molecule has 0 bridgehead atoms. The lowest BCUT2D eigenvalue weighted by Gasteiger charge is -2.34. The summed E-state index contributed by atoms with van der Waals surface area (Å²) in [5.74, 6) is 1.83. The summed E-state index contributed by atoms with van der Waals surface area (Å²) < 4.78 is 5.54. The van der Waals surface area contributed by atoms with Crippen LogP contribution in [0.3, 0.4) is 0 Å². The molecule has 21 heavy (non-hydrogen) atoms. The molecule has 3 atom stereocenters. The highest BCUT2D eigenvalue weighted by Crippen LogP contribution is 2.29. The molecule has 1 aliphatic carbocycles. The maximum absolute atomic E-state index is 12.0. The van der Waals surface area contributed by atoms with E-state index in [1.807, 2.05) is 13.0 Å². The molecule has 116 valence electrons. The van der Waals surface area contributed by atoms with Gasteiger partial charge < -0.3 is 10.1 Å². The summed E-state index contributed by atoms with van der Waals surface area (Å²) in [5, 5.41) is 3.81. The lowest BCUT2D eigenvalue weighted by molar-refractivity contribution is -0.124. The summed E-state index contributed by atoms with van der Waals surface area (Å²) in [5.41, 5.74) is 0.948. The summed E-state index contributed by atoms with van der Waals surface area (Å²) in [6, 6.07) is 5.70. The van der Waals surface area contributed by atoms with E-state index >= 15 is 0 Å². The largest absolute Gasteiger partial charge is 0.484 e. The summed E-state index contributed by atoms with van der Waals surface area (Å²) in [6.07, 6.45) is 3.51. The number of nitrogens with one attached hydrogen (secondary N) is 1. The highest BCUT2D eigenvalue weighted by Gasteiger charge is 2.28. The van der Waals surface area contributed by atoms with Crippen molar-refractivity contribution < 1.29 is 9.53 Å². The van der Waals surface area contributed by atoms with E-state index in [-0.39, 0.29) is 18.6 Å². The van der Waals surface area contributed by atoms with Crippen molar-refractivity contribution in [2.45, 2.75) is 46.1 Å². The number of halogens is 1. The van der Waals surface area contributed by atoms with Crippen LogP contribution in [0.4, 0.5) is 0 Å². The van der Waals surface area contributed by atoms with E-state index in [9.17, 15) is 4.79 Å². The van der Waals surface area contributed by atoms with E-state index in [2.05, 4.69) is 19.2 Å². The number of hydrogen-bond donors (Lipinski definition) is 1. The first-order valence-corrected chi connectivity index (χ1v) is 8.03. The second-order valence-electron chi connectivity index (χ2n) is 6.14. The lowest BCUT2D eigenvalue weighted by Crippen LogP contribution is -2.45. The Morgan fingerprint density at radius 2 is 2.14 bits per heavy atom. The van der Waals surface area contributed by atoms with Gasteiger partial charge in [0.15, 0.2) is 6.61 Å². The number of carbonyl (C=O) groups excluding carboxylic acids is 1. The van der Waals surface area contributed by atoms with Crippen molar-refractivity contribution in [3.8, 4) is 5.75 Å². The number of benzene rings is 1. The first kappa shape index (κ1) is 16.2. The molecule has 0 radical (unpaired) electrons. The highest BCUT2D eigenvalue weighted by molar-refractivity contribution is 6.31. The fourth-order valence-corrected chi connectivity index (χ4v) is 3.01. The minimum atomic E-state index is -0.0476. The van der Waals surface area contributed by atoms with Gasteiger partial charge in [-0.1, -0.05) is 38.3 Å². The van der Waals surface area contributed by atoms with Crippen molar-refractivity contribution >= 4 is 17.5 Å². The van der Waals surface area contributed by atoms with Gasteiger partial charge in [-0.05, 0) is 48.9 Å². The summed E-state index contributed by atoms with van der Waals surface area (Å²) in [7, 11) is 0. The van der Waals surface area contributed by atoms with E-state index < -0.39 is 0 Å². The molecule has 1 N–H and O–H groups in total. The second kappa shape index (κ2) is 7.17. The molecule has 3 nitrogen and oxygen atoms in total. The zero-order valence-corrected chi connectivity index (χ0v) is 13.7. The normalized spacial score (nSPS) is 25.4. The van der Waals surface area contributed by atoms with Gasteiger partial charge in [-0.3, -0.25) is 4.79 Å². The van der Waals surface area contributed by atoms with Crippen LogP contribution in [0.15, 0.2) is 18.2 Å². The molecule has 0 aliphatic heterocycles. The third kappa shape index (κ3) is 4.37. The van der Waals surface area contributed by atoms with E-state index in [1.165, 1.54) is 12.8 Å². The van der Waals surface area contributed by atoms with Gasteiger partial charge in [-0.15, -0.1) is 0 Å². The average Bonchev–Trinajstić information content (AvgIpc) is 2.45. The van der Waals surface area contributed by atoms with Crippen LogP contribution in [-0.4, -0.2) is 18.6 Å². The van der Waals surface area contributed by atoms with Crippen LogP contribution < -0.4 is 10.1 Å². The Bertz CT molecular complexity index is 504. The Balaban J connectivity index is 1.83. The van der Waals surface area contributed by atoms with Crippen LogP contribution in [0.2, 0.25) is 5.02 Å². The molecule has 0 spiro atoms. The third-order valence-electron chi connectivity index (χ3n) is 4.55. The predicted octanol–water partition coefficient (Wildman–Crippen LogP) is 3.97. The van der Waals surface area contributed by atoms with Gasteiger partial charge in [-0.2, -0.15) is 0 Å². The monoisotopic (exact) mass is 309 g/mol. The Labute approximate surface area is 132 Å². The van der Waals surface area contributed by atoms with E-state index in [0.29, 0.717) is 22.6 Å². The minimum Gasteiger partial charge on any atom is -0.484 e. The summed E-state index contributed by atoms with van der Waals surface area (Å²) >= 11 is 5.97. The molecule has 2 rings (SSSR count). The summed E-state index contributed by atoms with van der Waals surface area (Å²) in [6.45, 7) is 6.45. The van der Waals surface area contributed by atoms with Crippen molar-refractivity contribution in [1.29, 1.82) is 0 Å². The maximum Gasteiger partial charge on any atom is 0.258 e. The molecule has 1 aromatic rings. The Kier molecular flexibility index (Phi) is 5.51. The van der Waals surface area contributed by atoms with Crippen LogP contribution in [0, 0.1) is 18.8 Å². The van der Waals surface area contributed by atoms with Crippen LogP contribution >= 0.6 is 11.6 Å². The molecule has 4 heteroatoms. The first-order chi connectivity index (χ1) is 9.97. The van der Waals surface area contributed by atoms with Crippen LogP contribution in [0.25, 0.3) is 0 Å². The van der Waals surface area contributed by atoms with Gasteiger partial charge in [0.25, 0.3) is 5.91 Å². The van der Waals surface area contributed by atoms with Crippen molar-refractivity contribution in [3.63, 3.8) is 0 Å². The topological polar surface area (TPSA) is 38.3 Å². The second-order valence-corrected chi connectivity index (χ2v) is 6.55. The quantitative estimate of drug-likeness (QED) is 0.914. The summed E-state index contributed by atoms with van der Waals surface area (Å²) in [4.78, 5) is 12.0. The van der Waals surface area contributed by atoms with Crippen LogP contribution in [0.5, 0.6) is 5.75 Å². The molecule has 0 heterocycles. The van der Waals surface area contributed by atoms with Gasteiger partial charge >= 0.3 is 0 Å². The molecular weight excluding hydrogens is 286 g/mol. The fraction of sp³-hybridized carbons (Fsp3) is 0.588. The molecule has 0 saturated heterocycles. The Morgan fingerprint density at radius 1 is 1.38 bits per heavy atom. The van der Waals surface area contributed by atoms with Gasteiger partial charge in [0.05, 0.1) is 0 Å². The van der Waals surface area contributed by atoms with E-state index in [4.69, 9.17) is 16.3 Å². The maximum atomic E-state index is 12.0. The zero-order valence-electron chi connectivity index (χ0n) is 13.0. The van der Waals surface area contributed by atoms with Gasteiger partial charge in [0.1, 0.15) is 5.75 Å². The fourth-order valence-electron chi connectivity index (χ4n) is 2.89. The van der Waals surface area contributed by atoms with Gasteiger partial charge in [0.2, 0.25) is 0 Å². The van der Waals surface area contributed by atoms with Crippen molar-refractivity contribution in [1.82, 2.24) is 5.32 Å². The smallest absolute Gasteiger partial charge is 0.258 e. The Morgan fingerprint density at radius 3 is 2.86 bits per heavy atom. The molecule has 0 aromatic heterocycles. The van der Waals surface area contributed by atoms with Crippen molar-refractivity contribution in [2.75, 3.05) is 6.61 Å². The number of amides is 1. The number of hydrogen-bond acceptors (Lipinski definition) is 2. The molecule has 1 aromatic carbocycles. The van der Waals surface area contributed by atoms with E-state index in [0.717, 1.165) is 12.0 Å². The SMILES string of the molecule is Cc1cc(OCC(=O)N[C@@H]2CCC[C@H](C)[C@@H]2C)ccc1Cl. The average molecular weight is 310 g/mol. The number of ether oxygens (including phenoxy) is 1. The molecule has 0 unspecified atom stereocenters. The Hall–Kier alpha value is -1.22. The molecule has 1 saturated carbocycles. The molecular formula is C17H24ClNO2. The number of carbonyl (C=O) groups is 1. The first-order valence-electron chi connectivity index (χ1n) is 7.65. The van der Waals surface area contributed by atoms with Crippen LogP contribution in [-0.2, 0) is 4.79 Å². The predicted molar refractivity (Wildman–Crippen MR) is 85.8 cm³/mol. The molecule has 1 amide bonds. The van der Waals surface area contributed by atoms with Gasteiger partial charge in [-0.25, -0.2) is 0 Å². The van der Waals surface area contributed by atoms with Crippen molar-refractivity contribution in [2.24, 2.45) is 11.8 Å². The van der Waals surface area contributed by atoms with Gasteiger partial charge in [0, 0.05) is 11.1 Å². The van der Waals surface area contributed by atoms with Crippen LogP contribution in [0.1, 0.15) is 38.7 Å². The zero-order chi connectivity index (χ0) is 15.4. The van der Waals surface area contributed by atoms with Crippen molar-refractivity contribution in [3.05, 3.63) is 28.8 Å². The number of rotatable bonds is 4. The lowest BCUT2D eigenvalue weighted by atomic mass is 9.78. The van der Waals surface area contributed by atoms with E-state index in [1.54, 1.807) is 12.1 Å².